The van der Waals surface area contributed by atoms with Crippen LogP contribution in [0, 0.1) is 0 Å². The van der Waals surface area contributed by atoms with Crippen LogP contribution in [-0.4, -0.2) is 14.8 Å². The lowest BCUT2D eigenvalue weighted by molar-refractivity contribution is 0.407. The number of hydrogen-bond acceptors (Lipinski definition) is 2. The van der Waals surface area contributed by atoms with Gasteiger partial charge in [-0.05, 0) is 30.3 Å². The summed E-state index contributed by atoms with van der Waals surface area (Å²) >= 11 is 0. The number of phenols is 2. The van der Waals surface area contributed by atoms with Crippen molar-refractivity contribution in [1.82, 2.24) is 4.57 Å². The van der Waals surface area contributed by atoms with Gasteiger partial charge in [-0.25, -0.2) is 0 Å². The van der Waals surface area contributed by atoms with E-state index in [1.54, 1.807) is 0 Å². The van der Waals surface area contributed by atoms with Gasteiger partial charge in [-0.2, -0.15) is 0 Å². The van der Waals surface area contributed by atoms with Crippen LogP contribution in [0.3, 0.4) is 0 Å². The molecule has 0 aliphatic heterocycles. The number of nitrogens with zero attached hydrogens (tertiary/aromatic N) is 1. The van der Waals surface area contributed by atoms with E-state index >= 15 is 0 Å². The maximum absolute atomic E-state index is 10.3. The summed E-state index contributed by atoms with van der Waals surface area (Å²) in [6.07, 6.45) is 0. The zero-order valence-electron chi connectivity index (χ0n) is 11.2. The highest BCUT2D eigenvalue weighted by molar-refractivity contribution is 6.11. The summed E-state index contributed by atoms with van der Waals surface area (Å²) in [5.41, 5.74) is 2.58. The van der Waals surface area contributed by atoms with Crippen molar-refractivity contribution < 1.29 is 10.2 Å². The van der Waals surface area contributed by atoms with Crippen molar-refractivity contribution in [3.63, 3.8) is 0 Å². The molecular formula is C18H13NO2. The summed E-state index contributed by atoms with van der Waals surface area (Å²) in [4.78, 5) is 0. The van der Waals surface area contributed by atoms with Gasteiger partial charge in [0.05, 0.1) is 5.52 Å². The van der Waals surface area contributed by atoms with Gasteiger partial charge in [0.2, 0.25) is 0 Å². The number of phenolic OH excluding ortho intramolecular Hbond substituents is 2. The molecule has 0 unspecified atom stereocenters. The predicted octanol–water partition coefficient (Wildman–Crippen LogP) is 4.19. The summed E-state index contributed by atoms with van der Waals surface area (Å²) in [6.45, 7) is 0. The average molecular weight is 275 g/mol. The Morgan fingerprint density at radius 3 is 2.19 bits per heavy atom. The summed E-state index contributed by atoms with van der Waals surface area (Å²) in [6, 6.07) is 21.2. The molecule has 0 amide bonds. The Morgan fingerprint density at radius 1 is 0.667 bits per heavy atom. The van der Waals surface area contributed by atoms with Gasteiger partial charge in [0.25, 0.3) is 0 Å². The third kappa shape index (κ3) is 1.61. The number of para-hydroxylation sites is 2. The second-order valence-corrected chi connectivity index (χ2v) is 5.02. The van der Waals surface area contributed by atoms with Gasteiger partial charge in [0.1, 0.15) is 5.52 Å². The van der Waals surface area contributed by atoms with Crippen molar-refractivity contribution in [1.29, 1.82) is 0 Å². The minimum absolute atomic E-state index is 0.0902. The van der Waals surface area contributed by atoms with Crippen molar-refractivity contribution >= 4 is 21.8 Å². The Balaban J connectivity index is 2.28. The molecular weight excluding hydrogens is 262 g/mol. The monoisotopic (exact) mass is 275 g/mol. The number of rotatable bonds is 1. The fraction of sp³-hybridized carbons (Fsp3) is 0. The molecule has 3 heteroatoms. The number of aromatic hydroxyl groups is 2. The maximum atomic E-state index is 10.3. The van der Waals surface area contributed by atoms with Crippen LogP contribution in [0.15, 0.2) is 66.7 Å². The van der Waals surface area contributed by atoms with E-state index in [2.05, 4.69) is 0 Å². The standard InChI is InChI=1S/C18H13NO2/c20-16-11-10-14-13-8-4-5-9-15(13)19(17(14)18(16)21)12-6-2-1-3-7-12/h1-11,20-21H. The quantitative estimate of drug-likeness (QED) is 0.511. The lowest BCUT2D eigenvalue weighted by Gasteiger charge is -2.08. The van der Waals surface area contributed by atoms with Crippen LogP contribution in [0.5, 0.6) is 11.5 Å². The highest BCUT2D eigenvalue weighted by Gasteiger charge is 2.16. The van der Waals surface area contributed by atoms with E-state index in [9.17, 15) is 10.2 Å². The fourth-order valence-electron chi connectivity index (χ4n) is 2.87. The molecule has 2 N–H and O–H groups in total. The molecule has 0 fully saturated rings. The lowest BCUT2D eigenvalue weighted by Crippen LogP contribution is -1.93. The van der Waals surface area contributed by atoms with E-state index in [0.717, 1.165) is 22.0 Å². The van der Waals surface area contributed by atoms with Crippen LogP contribution in [0.2, 0.25) is 0 Å². The molecule has 0 aliphatic rings. The molecule has 1 heterocycles. The van der Waals surface area contributed by atoms with Gasteiger partial charge in [-0.15, -0.1) is 0 Å². The molecule has 0 radical (unpaired) electrons. The first kappa shape index (κ1) is 11.9. The van der Waals surface area contributed by atoms with Gasteiger partial charge in [-0.3, -0.25) is 0 Å². The first-order valence-electron chi connectivity index (χ1n) is 6.77. The topological polar surface area (TPSA) is 45.4 Å². The van der Waals surface area contributed by atoms with E-state index in [4.69, 9.17) is 0 Å². The van der Waals surface area contributed by atoms with Crippen LogP contribution < -0.4 is 0 Å². The van der Waals surface area contributed by atoms with Crippen molar-refractivity contribution in [3.8, 4) is 17.2 Å². The maximum Gasteiger partial charge on any atom is 0.182 e. The van der Waals surface area contributed by atoms with Crippen molar-refractivity contribution in [2.45, 2.75) is 0 Å². The van der Waals surface area contributed by atoms with Gasteiger partial charge in [-0.1, -0.05) is 36.4 Å². The first-order valence-corrected chi connectivity index (χ1v) is 6.77. The average Bonchev–Trinajstić information content (AvgIpc) is 2.87. The summed E-state index contributed by atoms with van der Waals surface area (Å²) in [5.74, 6) is -0.199. The third-order valence-corrected chi connectivity index (χ3v) is 3.80. The minimum Gasteiger partial charge on any atom is -0.504 e. The zero-order chi connectivity index (χ0) is 14.4. The molecule has 3 aromatic carbocycles. The predicted molar refractivity (Wildman–Crippen MR) is 84.1 cm³/mol. The van der Waals surface area contributed by atoms with E-state index in [0.29, 0.717) is 5.52 Å². The molecule has 1 aromatic heterocycles. The van der Waals surface area contributed by atoms with Crippen LogP contribution in [0.25, 0.3) is 27.5 Å². The molecule has 0 saturated carbocycles. The molecule has 0 atom stereocenters. The Morgan fingerprint density at radius 2 is 1.38 bits per heavy atom. The van der Waals surface area contributed by atoms with Crippen molar-refractivity contribution in [3.05, 3.63) is 66.7 Å². The SMILES string of the molecule is Oc1ccc2c3ccccc3n(-c3ccccc3)c2c1O. The third-order valence-electron chi connectivity index (χ3n) is 3.80. The van der Waals surface area contributed by atoms with Crippen LogP contribution >= 0.6 is 0 Å². The van der Waals surface area contributed by atoms with Gasteiger partial charge in [0.15, 0.2) is 11.5 Å². The van der Waals surface area contributed by atoms with Crippen LogP contribution in [-0.2, 0) is 0 Å². The molecule has 0 aliphatic carbocycles. The van der Waals surface area contributed by atoms with E-state index < -0.39 is 0 Å². The molecule has 0 spiro atoms. The Hall–Kier alpha value is -2.94. The van der Waals surface area contributed by atoms with Gasteiger partial charge >= 0.3 is 0 Å². The van der Waals surface area contributed by atoms with Gasteiger partial charge < -0.3 is 14.8 Å². The molecule has 0 saturated heterocycles. The smallest absolute Gasteiger partial charge is 0.182 e. The normalized spacial score (nSPS) is 11.2. The molecule has 3 nitrogen and oxygen atoms in total. The Labute approximate surface area is 121 Å². The fourth-order valence-corrected chi connectivity index (χ4v) is 2.87. The number of fused-ring (bicyclic) bond motifs is 3. The summed E-state index contributed by atoms with van der Waals surface area (Å²) < 4.78 is 1.97. The summed E-state index contributed by atoms with van der Waals surface area (Å²) in [5, 5.41) is 22.1. The van der Waals surface area contributed by atoms with E-state index in [1.165, 1.54) is 6.07 Å². The molecule has 4 rings (SSSR count). The van der Waals surface area contributed by atoms with E-state index in [-0.39, 0.29) is 11.5 Å². The largest absolute Gasteiger partial charge is 0.504 e. The Kier molecular flexibility index (Phi) is 2.42. The summed E-state index contributed by atoms with van der Waals surface area (Å²) in [7, 11) is 0. The van der Waals surface area contributed by atoms with Gasteiger partial charge in [0, 0.05) is 16.5 Å². The number of aromatic nitrogens is 1. The molecule has 4 aromatic rings. The molecule has 0 bridgehead atoms. The highest BCUT2D eigenvalue weighted by Crippen LogP contribution is 2.40. The first-order chi connectivity index (χ1) is 10.3. The number of benzene rings is 3. The molecule has 102 valence electrons. The second-order valence-electron chi connectivity index (χ2n) is 5.02. The van der Waals surface area contributed by atoms with E-state index in [1.807, 2.05) is 65.2 Å². The zero-order valence-corrected chi connectivity index (χ0v) is 11.2. The van der Waals surface area contributed by atoms with Crippen molar-refractivity contribution in [2.75, 3.05) is 0 Å². The second kappa shape index (κ2) is 4.28. The molecule has 21 heavy (non-hydrogen) atoms. The Bertz CT molecular complexity index is 955. The van der Waals surface area contributed by atoms with Crippen LogP contribution in [0.1, 0.15) is 0 Å². The lowest BCUT2D eigenvalue weighted by atomic mass is 10.1. The number of hydrogen-bond donors (Lipinski definition) is 2. The van der Waals surface area contributed by atoms with Crippen LogP contribution in [0.4, 0.5) is 0 Å². The minimum atomic E-state index is -0.109. The van der Waals surface area contributed by atoms with Crippen molar-refractivity contribution in [2.24, 2.45) is 0 Å². The highest BCUT2D eigenvalue weighted by atomic mass is 16.3.